The molecule has 0 saturated carbocycles. The summed E-state index contributed by atoms with van der Waals surface area (Å²) in [5.74, 6) is -3.65. The van der Waals surface area contributed by atoms with Gasteiger partial charge in [0.25, 0.3) is 0 Å². The highest BCUT2D eigenvalue weighted by Crippen LogP contribution is 2.08. The fourth-order valence-corrected chi connectivity index (χ4v) is 2.78. The molecule has 3 N–H and O–H groups in total. The van der Waals surface area contributed by atoms with Crippen LogP contribution in [0.1, 0.15) is 71.1 Å². The summed E-state index contributed by atoms with van der Waals surface area (Å²) < 4.78 is 5.20. The Morgan fingerprint density at radius 2 is 1.48 bits per heavy atom. The minimum atomic E-state index is -1.82. The van der Waals surface area contributed by atoms with Gasteiger partial charge in [-0.3, -0.25) is 0 Å². The van der Waals surface area contributed by atoms with Crippen LogP contribution in [0.4, 0.5) is 4.79 Å². The summed E-state index contributed by atoms with van der Waals surface area (Å²) in [6.07, 6.45) is 12.2. The smallest absolute Gasteiger partial charge is 0.414 e. The minimum absolute atomic E-state index is 0.248. The number of amides is 1. The highest BCUT2D eigenvalue weighted by molar-refractivity contribution is 6.27. The van der Waals surface area contributed by atoms with Crippen LogP contribution in [0.5, 0.6) is 0 Å². The van der Waals surface area contributed by atoms with Crippen molar-refractivity contribution in [1.29, 1.82) is 0 Å². The van der Waals surface area contributed by atoms with Crippen LogP contribution in [0, 0.1) is 0 Å². The fraction of sp³-hybridized carbons (Fsp3) is 0.842. The van der Waals surface area contributed by atoms with Gasteiger partial charge in [0.1, 0.15) is 0 Å². The number of rotatable bonds is 11. The quantitative estimate of drug-likeness (QED) is 0.368. The Hall–Kier alpha value is -1.83. The Balaban J connectivity index is 0.000000972. The molecule has 158 valence electrons. The summed E-state index contributed by atoms with van der Waals surface area (Å²) in [6.45, 7) is 7.00. The average Bonchev–Trinajstić information content (AvgIpc) is 2.66. The van der Waals surface area contributed by atoms with Gasteiger partial charge in [-0.1, -0.05) is 45.4 Å². The lowest BCUT2D eigenvalue weighted by Gasteiger charge is -2.26. The molecule has 1 fully saturated rings. The third-order valence-electron chi connectivity index (χ3n) is 4.28. The van der Waals surface area contributed by atoms with E-state index in [9.17, 15) is 4.79 Å². The van der Waals surface area contributed by atoms with Crippen molar-refractivity contribution in [2.24, 2.45) is 0 Å². The van der Waals surface area contributed by atoms with E-state index in [4.69, 9.17) is 24.5 Å². The maximum absolute atomic E-state index is 11.5. The second-order valence-corrected chi connectivity index (χ2v) is 6.70. The Morgan fingerprint density at radius 1 is 0.889 bits per heavy atom. The minimum Gasteiger partial charge on any atom is -0.473 e. The number of aliphatic carboxylic acids is 2. The van der Waals surface area contributed by atoms with Gasteiger partial charge >= 0.3 is 18.0 Å². The molecule has 0 atom stereocenters. The van der Waals surface area contributed by atoms with Gasteiger partial charge in [0.2, 0.25) is 0 Å². The van der Waals surface area contributed by atoms with Crippen LogP contribution in [0.15, 0.2) is 0 Å². The van der Waals surface area contributed by atoms with Crippen LogP contribution < -0.4 is 5.32 Å². The van der Waals surface area contributed by atoms with E-state index in [1.165, 1.54) is 64.5 Å². The zero-order valence-electron chi connectivity index (χ0n) is 16.6. The molecular formula is C19H36N2O6. The highest BCUT2D eigenvalue weighted by atomic mass is 16.5. The number of nitrogens with zero attached hydrogens (tertiary/aromatic N) is 1. The molecule has 0 spiro atoms. The van der Waals surface area contributed by atoms with E-state index in [0.717, 1.165) is 25.9 Å². The largest absolute Gasteiger partial charge is 0.473 e. The van der Waals surface area contributed by atoms with Gasteiger partial charge in [0.05, 0.1) is 6.61 Å². The van der Waals surface area contributed by atoms with Crippen LogP contribution in [0.25, 0.3) is 0 Å². The molecule has 1 aliphatic rings. The standard InChI is InChI=1S/C17H34N2O2.C2H2O4/c1-2-3-4-5-6-8-12-18-17(20)21-16-11-15-19-13-9-7-10-14-19;3-1(4)2(5)6/h2-16H2,1H3,(H,18,20);(H,3,4)(H,5,6). The third kappa shape index (κ3) is 17.3. The van der Waals surface area contributed by atoms with Crippen molar-refractivity contribution >= 4 is 18.0 Å². The number of unbranched alkanes of at least 4 members (excludes halogenated alkanes) is 5. The van der Waals surface area contributed by atoms with Crippen LogP contribution in [0.2, 0.25) is 0 Å². The maximum atomic E-state index is 11.5. The van der Waals surface area contributed by atoms with E-state index in [1.54, 1.807) is 0 Å². The number of carboxylic acid groups (broad SMARTS) is 2. The summed E-state index contributed by atoms with van der Waals surface area (Å²) in [7, 11) is 0. The van der Waals surface area contributed by atoms with Crippen molar-refractivity contribution in [3.05, 3.63) is 0 Å². The molecule has 8 nitrogen and oxygen atoms in total. The molecule has 0 bridgehead atoms. The summed E-state index contributed by atoms with van der Waals surface area (Å²) in [5.41, 5.74) is 0. The normalized spacial score (nSPS) is 14.0. The molecule has 1 saturated heterocycles. The number of carboxylic acids is 2. The molecule has 1 heterocycles. The first-order chi connectivity index (χ1) is 13.0. The Bertz CT molecular complexity index is 399. The number of nitrogens with one attached hydrogen (secondary N) is 1. The molecule has 1 aliphatic heterocycles. The number of likely N-dealkylation sites (tertiary alicyclic amines) is 1. The van der Waals surface area contributed by atoms with Crippen molar-refractivity contribution in [2.45, 2.75) is 71.1 Å². The number of carbonyl (C=O) groups is 3. The Morgan fingerprint density at radius 3 is 2.07 bits per heavy atom. The first kappa shape index (κ1) is 25.2. The van der Waals surface area contributed by atoms with E-state index in [1.807, 2.05) is 0 Å². The van der Waals surface area contributed by atoms with Crippen molar-refractivity contribution in [3.8, 4) is 0 Å². The van der Waals surface area contributed by atoms with Crippen molar-refractivity contribution in [2.75, 3.05) is 32.8 Å². The van der Waals surface area contributed by atoms with Gasteiger partial charge in [-0.15, -0.1) is 0 Å². The predicted molar refractivity (Wildman–Crippen MR) is 103 cm³/mol. The van der Waals surface area contributed by atoms with Crippen molar-refractivity contribution < 1.29 is 29.3 Å². The van der Waals surface area contributed by atoms with E-state index in [0.29, 0.717) is 6.61 Å². The third-order valence-corrected chi connectivity index (χ3v) is 4.28. The van der Waals surface area contributed by atoms with Gasteiger partial charge in [-0.25, -0.2) is 14.4 Å². The Labute approximate surface area is 162 Å². The monoisotopic (exact) mass is 388 g/mol. The SMILES string of the molecule is CCCCCCCCNC(=O)OCCCN1CCCCC1.O=C(O)C(=O)O. The summed E-state index contributed by atoms with van der Waals surface area (Å²) in [4.78, 5) is 32.2. The van der Waals surface area contributed by atoms with Gasteiger partial charge in [0, 0.05) is 13.1 Å². The molecular weight excluding hydrogens is 352 g/mol. The first-order valence-corrected chi connectivity index (χ1v) is 10.1. The molecule has 27 heavy (non-hydrogen) atoms. The van der Waals surface area contributed by atoms with Gasteiger partial charge < -0.3 is 25.2 Å². The van der Waals surface area contributed by atoms with Crippen LogP contribution >= 0.6 is 0 Å². The van der Waals surface area contributed by atoms with Gasteiger partial charge in [0.15, 0.2) is 0 Å². The first-order valence-electron chi connectivity index (χ1n) is 10.1. The van der Waals surface area contributed by atoms with E-state index in [2.05, 4.69) is 17.1 Å². The average molecular weight is 389 g/mol. The second kappa shape index (κ2) is 17.6. The molecule has 0 aliphatic carbocycles. The molecule has 0 aromatic heterocycles. The maximum Gasteiger partial charge on any atom is 0.414 e. The lowest BCUT2D eigenvalue weighted by Crippen LogP contribution is -2.32. The lowest BCUT2D eigenvalue weighted by molar-refractivity contribution is -0.159. The second-order valence-electron chi connectivity index (χ2n) is 6.70. The molecule has 0 aromatic carbocycles. The number of ether oxygens (including phenoxy) is 1. The number of alkyl carbamates (subject to hydrolysis) is 1. The molecule has 1 rings (SSSR count). The number of hydrogen-bond acceptors (Lipinski definition) is 5. The molecule has 1 amide bonds. The van der Waals surface area contributed by atoms with Crippen molar-refractivity contribution in [1.82, 2.24) is 10.2 Å². The van der Waals surface area contributed by atoms with Crippen LogP contribution in [-0.2, 0) is 14.3 Å². The topological polar surface area (TPSA) is 116 Å². The van der Waals surface area contributed by atoms with Gasteiger partial charge in [-0.2, -0.15) is 0 Å². The molecule has 0 radical (unpaired) electrons. The fourth-order valence-electron chi connectivity index (χ4n) is 2.78. The van der Waals surface area contributed by atoms with E-state index < -0.39 is 11.9 Å². The van der Waals surface area contributed by atoms with Crippen LogP contribution in [-0.4, -0.2) is 65.9 Å². The summed E-state index contributed by atoms with van der Waals surface area (Å²) in [6, 6.07) is 0. The predicted octanol–water partition coefficient (Wildman–Crippen LogP) is 3.10. The zero-order chi connectivity index (χ0) is 20.3. The van der Waals surface area contributed by atoms with Crippen molar-refractivity contribution in [3.63, 3.8) is 0 Å². The zero-order valence-corrected chi connectivity index (χ0v) is 16.6. The summed E-state index contributed by atoms with van der Waals surface area (Å²) in [5, 5.41) is 17.6. The molecule has 0 unspecified atom stereocenters. The highest BCUT2D eigenvalue weighted by Gasteiger charge is 2.09. The van der Waals surface area contributed by atoms with Gasteiger partial charge in [-0.05, 0) is 38.8 Å². The van der Waals surface area contributed by atoms with Crippen LogP contribution in [0.3, 0.4) is 0 Å². The van der Waals surface area contributed by atoms with E-state index >= 15 is 0 Å². The summed E-state index contributed by atoms with van der Waals surface area (Å²) >= 11 is 0. The molecule has 8 heteroatoms. The molecule has 0 aromatic rings. The number of hydrogen-bond donors (Lipinski definition) is 3. The Kier molecular flexibility index (Phi) is 16.4. The number of carbonyl (C=O) groups excluding carboxylic acids is 1. The number of piperidine rings is 1. The van der Waals surface area contributed by atoms with E-state index in [-0.39, 0.29) is 6.09 Å². The lowest BCUT2D eigenvalue weighted by atomic mass is 10.1.